The molecule has 0 bridgehead atoms. The number of carbonyl (C=O) groups excluding carboxylic acids is 1. The number of amides is 1. The number of aromatic nitrogens is 1. The van der Waals surface area contributed by atoms with Gasteiger partial charge in [0.15, 0.2) is 0 Å². The molecule has 5 nitrogen and oxygen atoms in total. The summed E-state index contributed by atoms with van der Waals surface area (Å²) in [5, 5.41) is 11.6. The summed E-state index contributed by atoms with van der Waals surface area (Å²) >= 11 is 5.94. The Morgan fingerprint density at radius 3 is 2.68 bits per heavy atom. The van der Waals surface area contributed by atoms with Gasteiger partial charge in [0.25, 0.3) is 5.91 Å². The average molecular weight is 274 g/mol. The molecule has 2 N–H and O–H groups in total. The molecule has 2 rings (SSSR count). The highest BCUT2D eigenvalue weighted by Crippen LogP contribution is 2.23. The summed E-state index contributed by atoms with van der Waals surface area (Å²) in [5.41, 5.74) is 0.830. The SMILES string of the molecule is N#Cc1ccc(NC(=O)c2ccc(=O)[nH]c2)c(Cl)c1. The average Bonchev–Trinajstić information content (AvgIpc) is 2.41. The first-order valence-electron chi connectivity index (χ1n) is 5.30. The van der Waals surface area contributed by atoms with E-state index in [2.05, 4.69) is 10.3 Å². The van der Waals surface area contributed by atoms with Crippen LogP contribution in [0.4, 0.5) is 5.69 Å². The summed E-state index contributed by atoms with van der Waals surface area (Å²) in [4.78, 5) is 25.2. The number of benzene rings is 1. The Kier molecular flexibility index (Phi) is 3.64. The Morgan fingerprint density at radius 1 is 1.32 bits per heavy atom. The number of pyridine rings is 1. The minimum absolute atomic E-state index is 0.275. The summed E-state index contributed by atoms with van der Waals surface area (Å²) in [5.74, 6) is -0.400. The number of rotatable bonds is 2. The van der Waals surface area contributed by atoms with E-state index in [0.29, 0.717) is 16.8 Å². The molecule has 0 fully saturated rings. The Bertz CT molecular complexity index is 711. The highest BCUT2D eigenvalue weighted by Gasteiger charge is 2.09. The number of hydrogen-bond donors (Lipinski definition) is 2. The Balaban J connectivity index is 2.22. The van der Waals surface area contributed by atoms with Gasteiger partial charge in [0.1, 0.15) is 0 Å². The third-order valence-electron chi connectivity index (χ3n) is 2.39. The van der Waals surface area contributed by atoms with E-state index in [1.54, 1.807) is 12.1 Å². The minimum atomic E-state index is -0.400. The van der Waals surface area contributed by atoms with Gasteiger partial charge in [-0.15, -0.1) is 0 Å². The van der Waals surface area contributed by atoms with Crippen molar-refractivity contribution in [2.75, 3.05) is 5.32 Å². The third kappa shape index (κ3) is 3.00. The van der Waals surface area contributed by atoms with Gasteiger partial charge in [0.2, 0.25) is 5.56 Å². The zero-order valence-electron chi connectivity index (χ0n) is 9.61. The second-order valence-corrected chi connectivity index (χ2v) is 4.11. The van der Waals surface area contributed by atoms with Crippen LogP contribution in [-0.4, -0.2) is 10.9 Å². The molecule has 0 aliphatic rings. The van der Waals surface area contributed by atoms with Gasteiger partial charge in [-0.25, -0.2) is 0 Å². The van der Waals surface area contributed by atoms with Gasteiger partial charge >= 0.3 is 0 Å². The number of anilines is 1. The standard InChI is InChI=1S/C13H8ClN3O2/c14-10-5-8(6-15)1-3-11(10)17-13(19)9-2-4-12(18)16-7-9/h1-5,7H,(H,16,18)(H,17,19). The second kappa shape index (κ2) is 5.38. The molecule has 0 spiro atoms. The molecule has 0 unspecified atom stereocenters. The van der Waals surface area contributed by atoms with Crippen LogP contribution in [0.1, 0.15) is 15.9 Å². The number of nitrogens with zero attached hydrogens (tertiary/aromatic N) is 1. The van der Waals surface area contributed by atoms with Crippen LogP contribution in [0.5, 0.6) is 0 Å². The van der Waals surface area contributed by atoms with Gasteiger partial charge in [-0.1, -0.05) is 11.6 Å². The highest BCUT2D eigenvalue weighted by molar-refractivity contribution is 6.34. The fraction of sp³-hybridized carbons (Fsp3) is 0. The number of aromatic amines is 1. The molecule has 94 valence electrons. The summed E-state index contributed by atoms with van der Waals surface area (Å²) in [6.07, 6.45) is 1.31. The van der Waals surface area contributed by atoms with Crippen molar-refractivity contribution >= 4 is 23.2 Å². The van der Waals surface area contributed by atoms with Gasteiger partial charge in [0.05, 0.1) is 27.9 Å². The first kappa shape index (κ1) is 12.9. The summed E-state index contributed by atoms with van der Waals surface area (Å²) in [6.45, 7) is 0. The van der Waals surface area contributed by atoms with Gasteiger partial charge < -0.3 is 10.3 Å². The van der Waals surface area contributed by atoms with Crippen LogP contribution in [0.2, 0.25) is 5.02 Å². The Hall–Kier alpha value is -2.58. The van der Waals surface area contributed by atoms with E-state index in [1.807, 2.05) is 6.07 Å². The molecule has 0 radical (unpaired) electrons. The lowest BCUT2D eigenvalue weighted by molar-refractivity contribution is 0.102. The number of hydrogen-bond acceptors (Lipinski definition) is 3. The van der Waals surface area contributed by atoms with E-state index >= 15 is 0 Å². The summed E-state index contributed by atoms with van der Waals surface area (Å²) < 4.78 is 0. The van der Waals surface area contributed by atoms with Crippen LogP contribution in [0.3, 0.4) is 0 Å². The van der Waals surface area contributed by atoms with Crippen molar-refractivity contribution in [1.29, 1.82) is 5.26 Å². The van der Waals surface area contributed by atoms with E-state index in [1.165, 1.54) is 24.4 Å². The number of nitriles is 1. The number of halogens is 1. The van der Waals surface area contributed by atoms with Gasteiger partial charge in [-0.05, 0) is 24.3 Å². The molecule has 1 aromatic heterocycles. The van der Waals surface area contributed by atoms with Crippen molar-refractivity contribution in [3.05, 3.63) is 63.0 Å². The zero-order valence-corrected chi connectivity index (χ0v) is 10.4. The van der Waals surface area contributed by atoms with Crippen molar-refractivity contribution in [2.45, 2.75) is 0 Å². The van der Waals surface area contributed by atoms with E-state index < -0.39 is 5.91 Å². The molecule has 1 amide bonds. The number of carbonyl (C=O) groups is 1. The van der Waals surface area contributed by atoms with E-state index in [4.69, 9.17) is 16.9 Å². The molecule has 6 heteroatoms. The Labute approximate surface area is 113 Å². The fourth-order valence-electron chi connectivity index (χ4n) is 1.43. The predicted octanol–water partition coefficient (Wildman–Crippen LogP) is 2.15. The van der Waals surface area contributed by atoms with Crippen LogP contribution in [0.25, 0.3) is 0 Å². The molecular formula is C13H8ClN3O2. The lowest BCUT2D eigenvalue weighted by Crippen LogP contribution is -2.14. The number of H-pyrrole nitrogens is 1. The van der Waals surface area contributed by atoms with Crippen molar-refractivity contribution < 1.29 is 4.79 Å². The van der Waals surface area contributed by atoms with Crippen LogP contribution in [0.15, 0.2) is 41.3 Å². The van der Waals surface area contributed by atoms with E-state index in [9.17, 15) is 9.59 Å². The molecule has 2 aromatic rings. The van der Waals surface area contributed by atoms with E-state index in [-0.39, 0.29) is 10.6 Å². The van der Waals surface area contributed by atoms with Crippen LogP contribution < -0.4 is 10.9 Å². The fourth-order valence-corrected chi connectivity index (χ4v) is 1.66. The lowest BCUT2D eigenvalue weighted by Gasteiger charge is -2.07. The summed E-state index contributed by atoms with van der Waals surface area (Å²) in [6, 6.07) is 9.18. The molecule has 1 heterocycles. The van der Waals surface area contributed by atoms with Crippen LogP contribution >= 0.6 is 11.6 Å². The first-order chi connectivity index (χ1) is 9.10. The molecule has 1 aromatic carbocycles. The number of nitrogens with one attached hydrogen (secondary N) is 2. The maximum atomic E-state index is 11.9. The Morgan fingerprint density at radius 2 is 2.11 bits per heavy atom. The van der Waals surface area contributed by atoms with Crippen molar-refractivity contribution in [2.24, 2.45) is 0 Å². The molecule has 0 atom stereocenters. The smallest absolute Gasteiger partial charge is 0.257 e. The molecule has 0 saturated carbocycles. The van der Waals surface area contributed by atoms with Gasteiger partial charge in [0, 0.05) is 12.3 Å². The second-order valence-electron chi connectivity index (χ2n) is 3.70. The first-order valence-corrected chi connectivity index (χ1v) is 5.67. The van der Waals surface area contributed by atoms with Crippen LogP contribution in [-0.2, 0) is 0 Å². The topological polar surface area (TPSA) is 85.8 Å². The van der Waals surface area contributed by atoms with Crippen molar-refractivity contribution in [3.63, 3.8) is 0 Å². The normalized spacial score (nSPS) is 9.68. The van der Waals surface area contributed by atoms with Crippen molar-refractivity contribution in [1.82, 2.24) is 4.98 Å². The minimum Gasteiger partial charge on any atom is -0.328 e. The molecule has 0 saturated heterocycles. The van der Waals surface area contributed by atoms with Gasteiger partial charge in [-0.2, -0.15) is 5.26 Å². The summed E-state index contributed by atoms with van der Waals surface area (Å²) in [7, 11) is 0. The molecule has 19 heavy (non-hydrogen) atoms. The van der Waals surface area contributed by atoms with Crippen molar-refractivity contribution in [3.8, 4) is 6.07 Å². The van der Waals surface area contributed by atoms with Gasteiger partial charge in [-0.3, -0.25) is 9.59 Å². The predicted molar refractivity (Wildman–Crippen MR) is 71.2 cm³/mol. The highest BCUT2D eigenvalue weighted by atomic mass is 35.5. The third-order valence-corrected chi connectivity index (χ3v) is 2.71. The zero-order chi connectivity index (χ0) is 13.8. The quantitative estimate of drug-likeness (QED) is 0.879. The maximum Gasteiger partial charge on any atom is 0.257 e. The van der Waals surface area contributed by atoms with Crippen LogP contribution in [0, 0.1) is 11.3 Å². The monoisotopic (exact) mass is 273 g/mol. The largest absolute Gasteiger partial charge is 0.328 e. The molecule has 0 aliphatic heterocycles. The van der Waals surface area contributed by atoms with E-state index in [0.717, 1.165) is 0 Å². The molecule has 0 aliphatic carbocycles. The molecular weight excluding hydrogens is 266 g/mol. The maximum absolute atomic E-state index is 11.9. The lowest BCUT2D eigenvalue weighted by atomic mass is 10.2.